The zero-order chi connectivity index (χ0) is 69.7. The molecule has 6 heteroatoms. The van der Waals surface area contributed by atoms with Gasteiger partial charge in [-0.1, -0.05) is 257 Å². The van der Waals surface area contributed by atoms with Crippen molar-refractivity contribution in [2.24, 2.45) is 10.8 Å². The van der Waals surface area contributed by atoms with Crippen molar-refractivity contribution in [3.63, 3.8) is 0 Å². The largest absolute Gasteiger partial charge is 0.493 e. The van der Waals surface area contributed by atoms with E-state index in [4.69, 9.17) is 18.9 Å². The second-order valence-corrected chi connectivity index (χ2v) is 28.7. The summed E-state index contributed by atoms with van der Waals surface area (Å²) >= 11 is 0. The Bertz CT molecular complexity index is 5030. The maximum absolute atomic E-state index is 6.60. The average Bonchev–Trinajstić information content (AvgIpc) is 1.53. The lowest BCUT2D eigenvalue weighted by atomic mass is 9.67. The van der Waals surface area contributed by atoms with Crippen LogP contribution in [0.15, 0.2) is 352 Å². The monoisotopic (exact) mass is 1350 g/mol. The van der Waals surface area contributed by atoms with E-state index in [0.29, 0.717) is 13.2 Å². The van der Waals surface area contributed by atoms with Gasteiger partial charge < -0.3 is 28.7 Å². The molecule has 4 aliphatic rings. The lowest BCUT2D eigenvalue weighted by Gasteiger charge is -2.40. The van der Waals surface area contributed by atoms with Gasteiger partial charge in [-0.15, -0.1) is 0 Å². The van der Waals surface area contributed by atoms with Crippen molar-refractivity contribution in [2.45, 2.75) is 37.5 Å². The van der Waals surface area contributed by atoms with E-state index in [0.717, 1.165) is 96.0 Å². The Balaban J connectivity index is 0.713. The summed E-state index contributed by atoms with van der Waals surface area (Å²) in [6.45, 7) is 8.67. The second kappa shape index (κ2) is 26.9. The number of benzene rings is 14. The molecule has 2 atom stereocenters. The smallest absolute Gasteiger partial charge is 0.119 e. The Labute approximate surface area is 610 Å². The van der Waals surface area contributed by atoms with E-state index < -0.39 is 10.8 Å². The number of fused-ring (bicyclic) bond motifs is 6. The molecule has 2 fully saturated rings. The zero-order valence-corrected chi connectivity index (χ0v) is 58.7. The summed E-state index contributed by atoms with van der Waals surface area (Å²) in [5.41, 5.74) is 26.7. The number of hydrogen-bond acceptors (Lipinski definition) is 6. The minimum atomic E-state index is -0.689. The molecule has 2 aliphatic carbocycles. The molecule has 2 heterocycles. The third-order valence-corrected chi connectivity index (χ3v) is 22.8. The molecule has 14 aromatic rings. The Morgan fingerprint density at radius 1 is 0.260 bits per heavy atom. The lowest BCUT2D eigenvalue weighted by molar-refractivity contribution is -0.133. The van der Waals surface area contributed by atoms with Crippen LogP contribution in [-0.4, -0.2) is 39.6 Å². The predicted molar refractivity (Wildman–Crippen MR) is 425 cm³/mol. The maximum atomic E-state index is 6.60. The lowest BCUT2D eigenvalue weighted by Crippen LogP contribution is -2.46. The van der Waals surface area contributed by atoms with Gasteiger partial charge in [-0.2, -0.15) is 0 Å². The first kappa shape index (κ1) is 64.3. The molecule has 6 nitrogen and oxygen atoms in total. The molecule has 506 valence electrons. The van der Waals surface area contributed by atoms with Crippen molar-refractivity contribution in [1.29, 1.82) is 0 Å². The molecule has 2 unspecified atom stereocenters. The summed E-state index contributed by atoms with van der Waals surface area (Å²) < 4.78 is 24.6. The number of anilines is 6. The van der Waals surface area contributed by atoms with Gasteiger partial charge in [0.15, 0.2) is 0 Å². The van der Waals surface area contributed by atoms with Crippen LogP contribution in [0.1, 0.15) is 71.2 Å². The molecular formula is C98H80N2O4. The van der Waals surface area contributed by atoms with Gasteiger partial charge in [0.25, 0.3) is 0 Å². The Morgan fingerprint density at radius 3 is 0.856 bits per heavy atom. The number of rotatable bonds is 21. The standard InChI is InChI=1S/C98H80N2O4/c1-3-95(63-101-64-95)67-103-85-51-41-77(42-52-85)97(75-27-15-7-16-28-75)91-59-73(69-23-11-5-12-24-69)39-55-87(91)89-57-49-83(61-93(89)97)99(79-31-19-9-20-32-79)81-45-35-71(36-46-81)72-37-47-82(48-38-72)100(80-33-21-10-22-34-80)84-50-58-90-88-56-40-74(70-25-13-6-14-26-70)60-92(88)98(94(90)62-84,76-29-17-8-18-30-76)78-43-53-86(54-44-78)104-68-96(4-2)65-102-66-96/h5-62H,3-4,63-68H2,1-2H3. The number of nitrogens with zero attached hydrogens (tertiary/aromatic N) is 2. The fraction of sp³-hybridized carbons (Fsp3) is 0.143. The van der Waals surface area contributed by atoms with Gasteiger partial charge in [0, 0.05) is 34.1 Å². The molecule has 0 bridgehead atoms. The molecule has 0 radical (unpaired) electrons. The van der Waals surface area contributed by atoms with E-state index in [1.165, 1.54) is 89.0 Å². The van der Waals surface area contributed by atoms with E-state index >= 15 is 0 Å². The number of para-hydroxylation sites is 2. The topological polar surface area (TPSA) is 43.4 Å². The fourth-order valence-electron chi connectivity index (χ4n) is 16.8. The quantitative estimate of drug-likeness (QED) is 0.0714. The first-order valence-electron chi connectivity index (χ1n) is 36.7. The van der Waals surface area contributed by atoms with E-state index in [1.54, 1.807) is 0 Å². The SMILES string of the molecule is CCC1(COc2ccc(C3(c4ccccc4)c4cc(-c5ccccc5)ccc4-c4ccc(N(c5ccccc5)c5ccc(-c6ccc(N(c7ccccc7)c7ccc8c(c7)C(c7ccccc7)(c7ccc(OCC9(CC)COC9)cc7)c7cc(-c9ccccc9)ccc7-8)cc6)cc5)cc43)cc2)COC1. The van der Waals surface area contributed by atoms with Crippen LogP contribution in [0.4, 0.5) is 34.1 Å². The highest BCUT2D eigenvalue weighted by molar-refractivity contribution is 5.94. The highest BCUT2D eigenvalue weighted by atomic mass is 16.5. The summed E-state index contributed by atoms with van der Waals surface area (Å²) in [5, 5.41) is 0. The molecule has 2 saturated heterocycles. The summed E-state index contributed by atoms with van der Waals surface area (Å²) in [6.07, 6.45) is 2.04. The zero-order valence-electron chi connectivity index (χ0n) is 58.7. The fourth-order valence-corrected chi connectivity index (χ4v) is 16.8. The molecule has 14 aromatic carbocycles. The molecule has 0 amide bonds. The van der Waals surface area contributed by atoms with Crippen LogP contribution >= 0.6 is 0 Å². The van der Waals surface area contributed by atoms with Gasteiger partial charge in [-0.25, -0.2) is 0 Å². The summed E-state index contributed by atoms with van der Waals surface area (Å²) in [7, 11) is 0. The van der Waals surface area contributed by atoms with Crippen LogP contribution in [0.2, 0.25) is 0 Å². The first-order valence-corrected chi connectivity index (χ1v) is 36.7. The van der Waals surface area contributed by atoms with Crippen LogP contribution in [0.3, 0.4) is 0 Å². The Kier molecular flexibility index (Phi) is 16.6. The van der Waals surface area contributed by atoms with E-state index in [1.807, 2.05) is 0 Å². The summed E-state index contributed by atoms with van der Waals surface area (Å²) in [5.74, 6) is 1.73. The van der Waals surface area contributed by atoms with E-state index in [-0.39, 0.29) is 10.8 Å². The van der Waals surface area contributed by atoms with E-state index in [2.05, 4.69) is 375 Å². The average molecular weight is 1350 g/mol. The molecule has 0 spiro atoms. The van der Waals surface area contributed by atoms with Crippen molar-refractivity contribution in [3.05, 3.63) is 396 Å². The highest BCUT2D eigenvalue weighted by Gasteiger charge is 2.49. The minimum absolute atomic E-state index is 0.0606. The van der Waals surface area contributed by atoms with Crippen molar-refractivity contribution < 1.29 is 18.9 Å². The van der Waals surface area contributed by atoms with Crippen molar-refractivity contribution in [1.82, 2.24) is 0 Å². The Hall–Kier alpha value is -11.8. The van der Waals surface area contributed by atoms with Gasteiger partial charge in [0.1, 0.15) is 11.5 Å². The Morgan fingerprint density at radius 2 is 0.529 bits per heavy atom. The number of ether oxygens (including phenoxy) is 4. The van der Waals surface area contributed by atoms with Gasteiger partial charge in [0.2, 0.25) is 0 Å². The van der Waals surface area contributed by atoms with Gasteiger partial charge in [-0.3, -0.25) is 0 Å². The third-order valence-electron chi connectivity index (χ3n) is 22.8. The molecule has 18 rings (SSSR count). The molecule has 0 saturated carbocycles. The van der Waals surface area contributed by atoms with Gasteiger partial charge >= 0.3 is 0 Å². The summed E-state index contributed by atoms with van der Waals surface area (Å²) in [6, 6.07) is 130. The van der Waals surface area contributed by atoms with Crippen LogP contribution in [0, 0.1) is 10.8 Å². The van der Waals surface area contributed by atoms with Crippen LogP contribution in [0.5, 0.6) is 11.5 Å². The maximum Gasteiger partial charge on any atom is 0.119 e. The summed E-state index contributed by atoms with van der Waals surface area (Å²) in [4.78, 5) is 4.82. The van der Waals surface area contributed by atoms with E-state index in [9.17, 15) is 0 Å². The van der Waals surface area contributed by atoms with Gasteiger partial charge in [-0.05, 0) is 222 Å². The van der Waals surface area contributed by atoms with Crippen molar-refractivity contribution in [2.75, 3.05) is 49.4 Å². The molecule has 104 heavy (non-hydrogen) atoms. The number of hydrogen-bond donors (Lipinski definition) is 0. The van der Waals surface area contributed by atoms with Crippen LogP contribution in [-0.2, 0) is 20.3 Å². The van der Waals surface area contributed by atoms with Crippen LogP contribution in [0.25, 0.3) is 55.6 Å². The molecule has 2 aliphatic heterocycles. The van der Waals surface area contributed by atoms with Crippen molar-refractivity contribution >= 4 is 34.1 Å². The molecule has 0 aromatic heterocycles. The third kappa shape index (κ3) is 11.1. The first-order chi connectivity index (χ1) is 51.3. The second-order valence-electron chi connectivity index (χ2n) is 28.7. The molecular weight excluding hydrogens is 1270 g/mol. The minimum Gasteiger partial charge on any atom is -0.493 e. The highest BCUT2D eigenvalue weighted by Crippen LogP contribution is 2.61. The van der Waals surface area contributed by atoms with Gasteiger partial charge in [0.05, 0.1) is 61.3 Å². The van der Waals surface area contributed by atoms with Crippen molar-refractivity contribution in [3.8, 4) is 67.1 Å². The van der Waals surface area contributed by atoms with Crippen LogP contribution < -0.4 is 19.3 Å². The normalized spacial score (nSPS) is 16.9. The predicted octanol–water partition coefficient (Wildman–Crippen LogP) is 24.0. The molecule has 0 N–H and O–H groups in total.